The molecule has 1 aliphatic carbocycles. The zero-order valence-corrected chi connectivity index (χ0v) is 12.4. The van der Waals surface area contributed by atoms with E-state index in [4.69, 9.17) is 0 Å². The molecular weight excluding hydrogens is 248 g/mol. The molecule has 1 N–H and O–H groups in total. The maximum Gasteiger partial charge on any atom is 0.238 e. The molecule has 2 unspecified atom stereocenters. The van der Waals surface area contributed by atoms with Crippen LogP contribution in [0, 0.1) is 12.8 Å². The van der Waals surface area contributed by atoms with E-state index in [1.165, 1.54) is 36.8 Å². The Morgan fingerprint density at radius 1 is 1.20 bits per heavy atom. The van der Waals surface area contributed by atoms with Gasteiger partial charge in [0.1, 0.15) is 6.17 Å². The highest BCUT2D eigenvalue weighted by Gasteiger charge is 2.38. The second kappa shape index (κ2) is 5.57. The second-order valence-corrected chi connectivity index (χ2v) is 6.28. The van der Waals surface area contributed by atoms with E-state index >= 15 is 0 Å². The van der Waals surface area contributed by atoms with Crippen molar-refractivity contribution in [1.29, 1.82) is 0 Å². The van der Waals surface area contributed by atoms with Gasteiger partial charge in [0.25, 0.3) is 0 Å². The van der Waals surface area contributed by atoms with Gasteiger partial charge in [0.2, 0.25) is 5.91 Å². The molecule has 108 valence electrons. The molecule has 1 aliphatic heterocycles. The zero-order valence-electron chi connectivity index (χ0n) is 12.4. The van der Waals surface area contributed by atoms with Crippen LogP contribution in [0.4, 0.5) is 0 Å². The molecule has 2 atom stereocenters. The van der Waals surface area contributed by atoms with Crippen LogP contribution in [-0.2, 0) is 4.79 Å². The maximum atomic E-state index is 12.3. The van der Waals surface area contributed by atoms with Gasteiger partial charge in [-0.3, -0.25) is 10.1 Å². The normalized spacial score (nSPS) is 25.4. The highest BCUT2D eigenvalue weighted by molar-refractivity contribution is 5.81. The number of amides is 1. The van der Waals surface area contributed by atoms with Crippen molar-refractivity contribution in [3.05, 3.63) is 35.4 Å². The Morgan fingerprint density at radius 3 is 2.50 bits per heavy atom. The molecule has 1 aromatic rings. The van der Waals surface area contributed by atoms with Crippen molar-refractivity contribution in [3.63, 3.8) is 0 Å². The third-order valence-electron chi connectivity index (χ3n) is 4.93. The van der Waals surface area contributed by atoms with Crippen LogP contribution >= 0.6 is 0 Å². The Hall–Kier alpha value is -1.35. The lowest BCUT2D eigenvalue weighted by molar-refractivity contribution is -0.131. The van der Waals surface area contributed by atoms with Gasteiger partial charge in [-0.05, 0) is 38.2 Å². The third-order valence-corrected chi connectivity index (χ3v) is 4.93. The molecule has 2 aliphatic rings. The standard InChI is InChI=1S/C17H24N2O/c1-12-7-9-15(10-8-12)17-18-11-16(20)19(17)13(2)14-5-3-4-6-14/h7-10,13-14,17-18H,3-6,11H2,1-2H3. The van der Waals surface area contributed by atoms with Crippen molar-refractivity contribution in [2.45, 2.75) is 51.7 Å². The SMILES string of the molecule is Cc1ccc(C2NCC(=O)N2C(C)C2CCCC2)cc1. The Labute approximate surface area is 121 Å². The van der Waals surface area contributed by atoms with E-state index in [2.05, 4.69) is 48.3 Å². The third kappa shape index (κ3) is 2.47. The van der Waals surface area contributed by atoms with E-state index in [-0.39, 0.29) is 12.1 Å². The smallest absolute Gasteiger partial charge is 0.238 e. The summed E-state index contributed by atoms with van der Waals surface area (Å²) in [6, 6.07) is 8.86. The first-order chi connectivity index (χ1) is 9.66. The number of benzene rings is 1. The molecular formula is C17H24N2O. The minimum atomic E-state index is 0.0544. The van der Waals surface area contributed by atoms with Gasteiger partial charge in [-0.1, -0.05) is 42.7 Å². The van der Waals surface area contributed by atoms with Crippen LogP contribution in [-0.4, -0.2) is 23.4 Å². The number of nitrogens with zero attached hydrogens (tertiary/aromatic N) is 1. The van der Waals surface area contributed by atoms with Crippen LogP contribution in [0.2, 0.25) is 0 Å². The van der Waals surface area contributed by atoms with E-state index in [1.807, 2.05) is 0 Å². The summed E-state index contributed by atoms with van der Waals surface area (Å²) in [6.45, 7) is 4.79. The molecule has 1 heterocycles. The van der Waals surface area contributed by atoms with Gasteiger partial charge in [-0.2, -0.15) is 0 Å². The van der Waals surface area contributed by atoms with E-state index in [0.717, 1.165) is 0 Å². The average Bonchev–Trinajstić information content (AvgIpc) is 3.08. The van der Waals surface area contributed by atoms with Crippen molar-refractivity contribution in [2.24, 2.45) is 5.92 Å². The predicted molar refractivity (Wildman–Crippen MR) is 80.2 cm³/mol. The fraction of sp³-hybridized carbons (Fsp3) is 0.588. The van der Waals surface area contributed by atoms with Gasteiger partial charge < -0.3 is 4.90 Å². The first-order valence-electron chi connectivity index (χ1n) is 7.78. The summed E-state index contributed by atoms with van der Waals surface area (Å²) in [7, 11) is 0. The lowest BCUT2D eigenvalue weighted by atomic mass is 9.97. The van der Waals surface area contributed by atoms with Crippen molar-refractivity contribution in [2.75, 3.05) is 6.54 Å². The fourth-order valence-electron chi connectivity index (χ4n) is 3.67. The van der Waals surface area contributed by atoms with Gasteiger partial charge in [0.05, 0.1) is 6.54 Å². The Bertz CT molecular complexity index is 476. The molecule has 0 bridgehead atoms. The highest BCUT2D eigenvalue weighted by Crippen LogP contribution is 2.34. The number of hydrogen-bond acceptors (Lipinski definition) is 2. The lowest BCUT2D eigenvalue weighted by Crippen LogP contribution is -2.41. The fourth-order valence-corrected chi connectivity index (χ4v) is 3.67. The van der Waals surface area contributed by atoms with E-state index in [1.54, 1.807) is 0 Å². The molecule has 1 saturated heterocycles. The van der Waals surface area contributed by atoms with Crippen LogP contribution in [0.5, 0.6) is 0 Å². The van der Waals surface area contributed by atoms with E-state index in [0.29, 0.717) is 18.5 Å². The van der Waals surface area contributed by atoms with Crippen LogP contribution in [0.1, 0.15) is 49.9 Å². The average molecular weight is 272 g/mol. The molecule has 1 saturated carbocycles. The Balaban J connectivity index is 1.82. The molecule has 1 aromatic carbocycles. The lowest BCUT2D eigenvalue weighted by Gasteiger charge is -2.34. The van der Waals surface area contributed by atoms with Crippen LogP contribution in [0.3, 0.4) is 0 Å². The largest absolute Gasteiger partial charge is 0.319 e. The molecule has 3 heteroatoms. The monoisotopic (exact) mass is 272 g/mol. The number of aryl methyl sites for hydroxylation is 1. The number of carbonyl (C=O) groups excluding carboxylic acids is 1. The quantitative estimate of drug-likeness (QED) is 0.917. The van der Waals surface area contributed by atoms with Crippen molar-refractivity contribution in [3.8, 4) is 0 Å². The predicted octanol–water partition coefficient (Wildman–Crippen LogP) is 3.00. The first-order valence-corrected chi connectivity index (χ1v) is 7.78. The summed E-state index contributed by atoms with van der Waals surface area (Å²) in [5.74, 6) is 0.918. The first kappa shape index (κ1) is 13.6. The Morgan fingerprint density at radius 2 is 1.85 bits per heavy atom. The Kier molecular flexibility index (Phi) is 3.79. The number of carbonyl (C=O) groups is 1. The van der Waals surface area contributed by atoms with Gasteiger partial charge >= 0.3 is 0 Å². The molecule has 0 spiro atoms. The summed E-state index contributed by atoms with van der Waals surface area (Å²) in [5, 5.41) is 3.37. The molecule has 3 rings (SSSR count). The van der Waals surface area contributed by atoms with Crippen molar-refractivity contribution < 1.29 is 4.79 Å². The molecule has 3 nitrogen and oxygen atoms in total. The topological polar surface area (TPSA) is 32.3 Å². The van der Waals surface area contributed by atoms with Crippen LogP contribution < -0.4 is 5.32 Å². The molecule has 0 aromatic heterocycles. The van der Waals surface area contributed by atoms with Gasteiger partial charge in [-0.15, -0.1) is 0 Å². The zero-order chi connectivity index (χ0) is 14.1. The highest BCUT2D eigenvalue weighted by atomic mass is 16.2. The number of nitrogens with one attached hydrogen (secondary N) is 1. The summed E-state index contributed by atoms with van der Waals surface area (Å²) in [6.07, 6.45) is 5.23. The van der Waals surface area contributed by atoms with Crippen LogP contribution in [0.15, 0.2) is 24.3 Å². The summed E-state index contributed by atoms with van der Waals surface area (Å²) < 4.78 is 0. The van der Waals surface area contributed by atoms with E-state index < -0.39 is 0 Å². The molecule has 20 heavy (non-hydrogen) atoms. The maximum absolute atomic E-state index is 12.3. The minimum Gasteiger partial charge on any atom is -0.319 e. The van der Waals surface area contributed by atoms with Gasteiger partial charge in [0.15, 0.2) is 0 Å². The molecule has 2 fully saturated rings. The summed E-state index contributed by atoms with van der Waals surface area (Å²) >= 11 is 0. The van der Waals surface area contributed by atoms with Crippen molar-refractivity contribution >= 4 is 5.91 Å². The minimum absolute atomic E-state index is 0.0544. The molecule has 1 amide bonds. The van der Waals surface area contributed by atoms with E-state index in [9.17, 15) is 4.79 Å². The van der Waals surface area contributed by atoms with Crippen molar-refractivity contribution in [1.82, 2.24) is 10.2 Å². The summed E-state index contributed by atoms with van der Waals surface area (Å²) in [4.78, 5) is 14.4. The van der Waals surface area contributed by atoms with Crippen LogP contribution in [0.25, 0.3) is 0 Å². The number of rotatable bonds is 3. The van der Waals surface area contributed by atoms with Gasteiger partial charge in [-0.25, -0.2) is 0 Å². The second-order valence-electron chi connectivity index (χ2n) is 6.28. The molecule has 0 radical (unpaired) electrons. The van der Waals surface area contributed by atoms with Gasteiger partial charge in [0, 0.05) is 6.04 Å². The summed E-state index contributed by atoms with van der Waals surface area (Å²) in [5.41, 5.74) is 2.46. The number of hydrogen-bond donors (Lipinski definition) is 1.